The molecule has 0 aliphatic carbocycles. The number of rotatable bonds is 6. The zero-order valence-corrected chi connectivity index (χ0v) is 14.1. The summed E-state index contributed by atoms with van der Waals surface area (Å²) >= 11 is 3.54. The summed E-state index contributed by atoms with van der Waals surface area (Å²) in [6, 6.07) is 7.26. The zero-order valence-electron chi connectivity index (χ0n) is 12.5. The number of aryl methyl sites for hydroxylation is 2. The molecule has 1 aromatic carbocycles. The summed E-state index contributed by atoms with van der Waals surface area (Å²) in [6.07, 6.45) is 1.17. The van der Waals surface area contributed by atoms with Gasteiger partial charge < -0.3 is 4.74 Å². The van der Waals surface area contributed by atoms with Crippen molar-refractivity contribution in [2.45, 2.75) is 26.7 Å². The molecular formula is C16H19BrN2O2. The largest absolute Gasteiger partial charge is 0.494 e. The van der Waals surface area contributed by atoms with Gasteiger partial charge >= 0.3 is 0 Å². The first kappa shape index (κ1) is 15.8. The Kier molecular flexibility index (Phi) is 5.17. The normalized spacial score (nSPS) is 10.7. The van der Waals surface area contributed by atoms with Gasteiger partial charge in [0, 0.05) is 12.6 Å². The minimum absolute atomic E-state index is 0.0735. The van der Waals surface area contributed by atoms with E-state index in [1.165, 1.54) is 0 Å². The van der Waals surface area contributed by atoms with Gasteiger partial charge in [-0.25, -0.2) is 0 Å². The van der Waals surface area contributed by atoms with Gasteiger partial charge in [0.25, 0.3) is 0 Å². The van der Waals surface area contributed by atoms with Crippen molar-refractivity contribution < 1.29 is 9.53 Å². The predicted octanol–water partition coefficient (Wildman–Crippen LogP) is 3.57. The first-order valence-electron chi connectivity index (χ1n) is 7.03. The maximum atomic E-state index is 12.4. The fraction of sp³-hybridized carbons (Fsp3) is 0.375. The van der Waals surface area contributed by atoms with Gasteiger partial charge in [0.1, 0.15) is 5.75 Å². The Morgan fingerprint density at radius 2 is 1.95 bits per heavy atom. The van der Waals surface area contributed by atoms with Gasteiger partial charge in [0.15, 0.2) is 5.78 Å². The Bertz CT molecular complexity index is 632. The number of Topliss-reactive ketones (excluding diaryl/α,β-unsaturated/α-hetero) is 1. The molecule has 21 heavy (non-hydrogen) atoms. The molecule has 4 nitrogen and oxygen atoms in total. The summed E-state index contributed by atoms with van der Waals surface area (Å²) in [5.74, 6) is 0.855. The molecule has 0 atom stereocenters. The molecule has 0 saturated carbocycles. The van der Waals surface area contributed by atoms with E-state index in [0.717, 1.165) is 28.0 Å². The number of halogens is 1. The molecule has 2 aromatic rings. The summed E-state index contributed by atoms with van der Waals surface area (Å²) < 4.78 is 8.09. The summed E-state index contributed by atoms with van der Waals surface area (Å²) in [7, 11) is 1.87. The fourth-order valence-corrected chi connectivity index (χ4v) is 2.93. The molecule has 0 bridgehead atoms. The number of hydrogen-bond acceptors (Lipinski definition) is 3. The average Bonchev–Trinajstić information content (AvgIpc) is 2.75. The Balaban J connectivity index is 2.16. The fourth-order valence-electron chi connectivity index (χ4n) is 2.17. The molecule has 0 radical (unpaired) electrons. The van der Waals surface area contributed by atoms with E-state index >= 15 is 0 Å². The summed E-state index contributed by atoms with van der Waals surface area (Å²) in [6.45, 7) is 4.60. The molecule has 0 N–H and O–H groups in total. The summed E-state index contributed by atoms with van der Waals surface area (Å²) in [4.78, 5) is 12.4. The number of aromatic nitrogens is 2. The van der Waals surface area contributed by atoms with Gasteiger partial charge in [-0.15, -0.1) is 0 Å². The van der Waals surface area contributed by atoms with Crippen LogP contribution in [0.1, 0.15) is 35.6 Å². The number of benzene rings is 1. The van der Waals surface area contributed by atoms with Crippen molar-refractivity contribution in [1.29, 1.82) is 0 Å². The van der Waals surface area contributed by atoms with E-state index in [1.807, 2.05) is 33.0 Å². The average molecular weight is 351 g/mol. The van der Waals surface area contributed by atoms with Crippen LogP contribution in [0.3, 0.4) is 0 Å². The van der Waals surface area contributed by atoms with Crippen LogP contribution >= 0.6 is 15.9 Å². The molecule has 5 heteroatoms. The molecule has 2 rings (SSSR count). The molecule has 0 aliphatic heterocycles. The van der Waals surface area contributed by atoms with Crippen molar-refractivity contribution in [1.82, 2.24) is 9.78 Å². The van der Waals surface area contributed by atoms with Gasteiger partial charge in [-0.05, 0) is 53.5 Å². The minimum atomic E-state index is 0.0735. The smallest absolute Gasteiger partial charge is 0.168 e. The first-order valence-corrected chi connectivity index (χ1v) is 7.82. The Morgan fingerprint density at radius 1 is 1.29 bits per heavy atom. The van der Waals surface area contributed by atoms with Crippen LogP contribution in [0, 0.1) is 0 Å². The molecule has 1 aromatic heterocycles. The third-order valence-corrected chi connectivity index (χ3v) is 4.23. The zero-order chi connectivity index (χ0) is 15.4. The molecule has 112 valence electrons. The minimum Gasteiger partial charge on any atom is -0.494 e. The quantitative estimate of drug-likeness (QED) is 0.748. The molecule has 0 fully saturated rings. The molecule has 0 saturated heterocycles. The lowest BCUT2D eigenvalue weighted by molar-refractivity contribution is 0.0990. The van der Waals surface area contributed by atoms with E-state index in [9.17, 15) is 4.79 Å². The Labute approximate surface area is 133 Å². The highest BCUT2D eigenvalue weighted by atomic mass is 79.9. The van der Waals surface area contributed by atoms with E-state index in [0.29, 0.717) is 18.6 Å². The number of hydrogen-bond donors (Lipinski definition) is 0. The first-order chi connectivity index (χ1) is 10.1. The highest BCUT2D eigenvalue weighted by molar-refractivity contribution is 9.10. The third kappa shape index (κ3) is 3.53. The van der Waals surface area contributed by atoms with Crippen LogP contribution in [0.2, 0.25) is 0 Å². The maximum absolute atomic E-state index is 12.4. The van der Waals surface area contributed by atoms with Gasteiger partial charge in [0.2, 0.25) is 0 Å². The van der Waals surface area contributed by atoms with E-state index in [2.05, 4.69) is 21.0 Å². The lowest BCUT2D eigenvalue weighted by Crippen LogP contribution is -2.08. The summed E-state index contributed by atoms with van der Waals surface area (Å²) in [5.41, 5.74) is 2.57. The topological polar surface area (TPSA) is 44.1 Å². The number of nitrogens with zero attached hydrogens (tertiary/aromatic N) is 2. The van der Waals surface area contributed by atoms with Crippen molar-refractivity contribution >= 4 is 21.7 Å². The molecule has 0 spiro atoms. The standard InChI is InChI=1S/C16H19BrN2O2/c1-4-13-16(17)14(19(3)18-13)10-15(20)11-6-8-12(9-7-11)21-5-2/h6-9H,4-5,10H2,1-3H3. The van der Waals surface area contributed by atoms with Crippen LogP contribution in [0.4, 0.5) is 0 Å². The maximum Gasteiger partial charge on any atom is 0.168 e. The van der Waals surface area contributed by atoms with Gasteiger partial charge in [-0.3, -0.25) is 9.48 Å². The van der Waals surface area contributed by atoms with Crippen LogP contribution in [0.15, 0.2) is 28.7 Å². The van der Waals surface area contributed by atoms with Crippen molar-refractivity contribution in [3.63, 3.8) is 0 Å². The lowest BCUT2D eigenvalue weighted by atomic mass is 10.1. The van der Waals surface area contributed by atoms with Gasteiger partial charge in [-0.1, -0.05) is 6.92 Å². The third-order valence-electron chi connectivity index (χ3n) is 3.32. The highest BCUT2D eigenvalue weighted by Crippen LogP contribution is 2.23. The van der Waals surface area contributed by atoms with Crippen LogP contribution in [-0.2, 0) is 19.9 Å². The van der Waals surface area contributed by atoms with E-state index in [-0.39, 0.29) is 5.78 Å². The predicted molar refractivity (Wildman–Crippen MR) is 85.9 cm³/mol. The van der Waals surface area contributed by atoms with Crippen molar-refractivity contribution in [2.24, 2.45) is 7.05 Å². The van der Waals surface area contributed by atoms with Crippen LogP contribution in [0.25, 0.3) is 0 Å². The molecule has 0 aliphatic rings. The summed E-state index contributed by atoms with van der Waals surface area (Å²) in [5, 5.41) is 4.41. The monoisotopic (exact) mass is 350 g/mol. The molecular weight excluding hydrogens is 332 g/mol. The Hall–Kier alpha value is -1.62. The van der Waals surface area contributed by atoms with Crippen molar-refractivity contribution in [2.75, 3.05) is 6.61 Å². The Morgan fingerprint density at radius 3 is 2.48 bits per heavy atom. The molecule has 0 unspecified atom stereocenters. The molecule has 1 heterocycles. The van der Waals surface area contributed by atoms with Crippen LogP contribution < -0.4 is 4.74 Å². The van der Waals surface area contributed by atoms with Crippen molar-refractivity contribution in [3.05, 3.63) is 45.7 Å². The SMILES string of the molecule is CCOc1ccc(C(=O)Cc2c(Br)c(CC)nn2C)cc1. The number of ether oxygens (including phenoxy) is 1. The molecule has 0 amide bonds. The van der Waals surface area contributed by atoms with E-state index in [1.54, 1.807) is 16.8 Å². The van der Waals surface area contributed by atoms with E-state index < -0.39 is 0 Å². The number of ketones is 1. The number of carbonyl (C=O) groups is 1. The second-order valence-corrected chi connectivity index (χ2v) is 5.53. The lowest BCUT2D eigenvalue weighted by Gasteiger charge is -2.05. The van der Waals surface area contributed by atoms with E-state index in [4.69, 9.17) is 4.74 Å². The van der Waals surface area contributed by atoms with Crippen LogP contribution in [-0.4, -0.2) is 22.2 Å². The van der Waals surface area contributed by atoms with Gasteiger partial charge in [-0.2, -0.15) is 5.10 Å². The van der Waals surface area contributed by atoms with Crippen molar-refractivity contribution in [3.8, 4) is 5.75 Å². The number of carbonyl (C=O) groups excluding carboxylic acids is 1. The van der Waals surface area contributed by atoms with Crippen LogP contribution in [0.5, 0.6) is 5.75 Å². The van der Waals surface area contributed by atoms with Gasteiger partial charge in [0.05, 0.1) is 28.9 Å². The second-order valence-electron chi connectivity index (χ2n) is 4.74. The highest BCUT2D eigenvalue weighted by Gasteiger charge is 2.16. The second kappa shape index (κ2) is 6.89.